The smallest absolute Gasteiger partial charge is 0.126 e. The van der Waals surface area contributed by atoms with E-state index < -0.39 is 0 Å². The highest BCUT2D eigenvalue weighted by molar-refractivity contribution is 9.10. The van der Waals surface area contributed by atoms with Crippen LogP contribution in [0.5, 0.6) is 0 Å². The molecule has 78 valence electrons. The van der Waals surface area contributed by atoms with Gasteiger partial charge in [-0.1, -0.05) is 6.92 Å². The Morgan fingerprint density at radius 2 is 2.36 bits per heavy atom. The normalized spacial score (nSPS) is 12.6. The number of hydrogen-bond acceptors (Lipinski definition) is 3. The zero-order valence-corrected chi connectivity index (χ0v) is 10.0. The average Bonchev–Trinajstić information content (AvgIpc) is 2.19. The molecule has 0 aliphatic carbocycles. The number of anilines is 1. The van der Waals surface area contributed by atoms with Crippen molar-refractivity contribution < 1.29 is 5.11 Å². The Morgan fingerprint density at radius 3 is 2.93 bits per heavy atom. The van der Waals surface area contributed by atoms with Crippen LogP contribution in [0.15, 0.2) is 16.7 Å². The molecular weight excluding hydrogens is 244 g/mol. The summed E-state index contributed by atoms with van der Waals surface area (Å²) < 4.78 is 1.01. The van der Waals surface area contributed by atoms with Gasteiger partial charge in [0.15, 0.2) is 0 Å². The second-order valence-corrected chi connectivity index (χ2v) is 4.34. The van der Waals surface area contributed by atoms with Crippen LogP contribution in [-0.2, 0) is 0 Å². The van der Waals surface area contributed by atoms with Crippen LogP contribution < -0.4 is 5.32 Å². The maximum Gasteiger partial charge on any atom is 0.126 e. The molecule has 2 N–H and O–H groups in total. The highest BCUT2D eigenvalue weighted by Gasteiger charge is 2.01. The summed E-state index contributed by atoms with van der Waals surface area (Å²) in [4.78, 5) is 4.21. The zero-order valence-electron chi connectivity index (χ0n) is 8.42. The van der Waals surface area contributed by atoms with Gasteiger partial charge in [-0.05, 0) is 40.4 Å². The first-order valence-corrected chi connectivity index (χ1v) is 5.39. The summed E-state index contributed by atoms with van der Waals surface area (Å²) in [6, 6.07) is 1.98. The Bertz CT molecular complexity index is 304. The maximum atomic E-state index is 8.84. The number of nitrogens with zero attached hydrogens (tertiary/aromatic N) is 1. The molecule has 14 heavy (non-hydrogen) atoms. The van der Waals surface area contributed by atoms with E-state index in [-0.39, 0.29) is 12.5 Å². The number of nitrogens with one attached hydrogen (secondary N) is 1. The molecule has 0 amide bonds. The molecule has 1 heterocycles. The van der Waals surface area contributed by atoms with Crippen molar-refractivity contribution in [2.75, 3.05) is 18.5 Å². The molecule has 0 fully saturated rings. The van der Waals surface area contributed by atoms with Crippen LogP contribution in [-0.4, -0.2) is 23.2 Å². The molecule has 1 aromatic heterocycles. The molecule has 1 atom stereocenters. The minimum absolute atomic E-state index is 0.197. The van der Waals surface area contributed by atoms with E-state index >= 15 is 0 Å². The Morgan fingerprint density at radius 1 is 1.64 bits per heavy atom. The Balaban J connectivity index is 2.55. The molecule has 3 nitrogen and oxygen atoms in total. The molecule has 0 saturated heterocycles. The number of aliphatic hydroxyl groups excluding tert-OH is 1. The van der Waals surface area contributed by atoms with E-state index in [2.05, 4.69) is 26.2 Å². The van der Waals surface area contributed by atoms with Crippen molar-refractivity contribution in [3.63, 3.8) is 0 Å². The summed E-state index contributed by atoms with van der Waals surface area (Å²) in [6.07, 6.45) is 1.78. The van der Waals surface area contributed by atoms with E-state index in [1.807, 2.05) is 19.9 Å². The third-order valence-corrected chi connectivity index (χ3v) is 2.82. The minimum atomic E-state index is 0.197. The van der Waals surface area contributed by atoms with Crippen LogP contribution in [0.4, 0.5) is 5.82 Å². The third kappa shape index (κ3) is 3.27. The second-order valence-electron chi connectivity index (χ2n) is 3.49. The molecule has 0 bridgehead atoms. The highest BCUT2D eigenvalue weighted by Crippen LogP contribution is 2.17. The lowest BCUT2D eigenvalue weighted by atomic mass is 10.2. The minimum Gasteiger partial charge on any atom is -0.396 e. The molecule has 0 aliphatic rings. The predicted octanol–water partition coefficient (Wildman–Crippen LogP) is 2.19. The van der Waals surface area contributed by atoms with Gasteiger partial charge in [-0.25, -0.2) is 4.98 Å². The van der Waals surface area contributed by atoms with Crippen LogP contribution in [0.2, 0.25) is 0 Å². The van der Waals surface area contributed by atoms with Crippen molar-refractivity contribution in [2.45, 2.75) is 13.8 Å². The van der Waals surface area contributed by atoms with E-state index in [4.69, 9.17) is 5.11 Å². The summed E-state index contributed by atoms with van der Waals surface area (Å²) in [5, 5.41) is 12.0. The highest BCUT2D eigenvalue weighted by atomic mass is 79.9. The van der Waals surface area contributed by atoms with Gasteiger partial charge in [-0.3, -0.25) is 0 Å². The number of halogens is 1. The molecule has 0 spiro atoms. The predicted molar refractivity (Wildman–Crippen MR) is 61.4 cm³/mol. The summed E-state index contributed by atoms with van der Waals surface area (Å²) >= 11 is 3.39. The molecule has 0 aromatic carbocycles. The van der Waals surface area contributed by atoms with E-state index in [0.29, 0.717) is 0 Å². The molecule has 4 heteroatoms. The van der Waals surface area contributed by atoms with Gasteiger partial charge in [0.1, 0.15) is 5.82 Å². The van der Waals surface area contributed by atoms with Gasteiger partial charge >= 0.3 is 0 Å². The van der Waals surface area contributed by atoms with Crippen LogP contribution >= 0.6 is 15.9 Å². The van der Waals surface area contributed by atoms with E-state index in [0.717, 1.165) is 22.4 Å². The monoisotopic (exact) mass is 258 g/mol. The van der Waals surface area contributed by atoms with E-state index in [1.165, 1.54) is 0 Å². The largest absolute Gasteiger partial charge is 0.396 e. The summed E-state index contributed by atoms with van der Waals surface area (Å²) in [5.41, 5.74) is 1.15. The molecule has 0 radical (unpaired) electrons. The standard InChI is InChI=1S/C10H15BrN2O/c1-7(6-14)4-12-10-3-8(2)9(11)5-13-10/h3,5,7,14H,4,6H2,1-2H3,(H,12,13). The van der Waals surface area contributed by atoms with Crippen molar-refractivity contribution in [1.82, 2.24) is 4.98 Å². The summed E-state index contributed by atoms with van der Waals surface area (Å²) in [6.45, 7) is 4.94. The van der Waals surface area contributed by atoms with Gasteiger partial charge in [0.05, 0.1) is 0 Å². The fourth-order valence-corrected chi connectivity index (χ4v) is 1.20. The first-order chi connectivity index (χ1) is 6.63. The first-order valence-electron chi connectivity index (χ1n) is 4.60. The topological polar surface area (TPSA) is 45.1 Å². The second kappa shape index (κ2) is 5.32. The van der Waals surface area contributed by atoms with E-state index in [1.54, 1.807) is 6.20 Å². The average molecular weight is 259 g/mol. The van der Waals surface area contributed by atoms with Crippen LogP contribution in [0.3, 0.4) is 0 Å². The van der Waals surface area contributed by atoms with Gasteiger partial charge in [0.2, 0.25) is 0 Å². The first kappa shape index (κ1) is 11.5. The summed E-state index contributed by atoms with van der Waals surface area (Å²) in [5.74, 6) is 1.10. The van der Waals surface area contributed by atoms with Gasteiger partial charge in [0, 0.05) is 23.8 Å². The van der Waals surface area contributed by atoms with Crippen molar-refractivity contribution >= 4 is 21.7 Å². The van der Waals surface area contributed by atoms with Crippen molar-refractivity contribution in [3.05, 3.63) is 22.3 Å². The van der Waals surface area contributed by atoms with Gasteiger partial charge in [0.25, 0.3) is 0 Å². The van der Waals surface area contributed by atoms with E-state index in [9.17, 15) is 0 Å². The maximum absolute atomic E-state index is 8.84. The number of rotatable bonds is 4. The van der Waals surface area contributed by atoms with Crippen LogP contribution in [0.25, 0.3) is 0 Å². The van der Waals surface area contributed by atoms with Gasteiger partial charge < -0.3 is 10.4 Å². The molecular formula is C10H15BrN2O. The number of aryl methyl sites for hydroxylation is 1. The Hall–Kier alpha value is -0.610. The number of pyridine rings is 1. The third-order valence-electron chi connectivity index (χ3n) is 1.99. The quantitative estimate of drug-likeness (QED) is 0.871. The lowest BCUT2D eigenvalue weighted by molar-refractivity contribution is 0.244. The number of aromatic nitrogens is 1. The molecule has 0 saturated carbocycles. The van der Waals surface area contributed by atoms with Crippen LogP contribution in [0.1, 0.15) is 12.5 Å². The lowest BCUT2D eigenvalue weighted by Crippen LogP contribution is -2.15. The van der Waals surface area contributed by atoms with Crippen molar-refractivity contribution in [3.8, 4) is 0 Å². The fourth-order valence-electron chi connectivity index (χ4n) is 0.979. The summed E-state index contributed by atoms with van der Waals surface area (Å²) in [7, 11) is 0. The number of aliphatic hydroxyl groups is 1. The van der Waals surface area contributed by atoms with Crippen molar-refractivity contribution in [2.24, 2.45) is 5.92 Å². The van der Waals surface area contributed by atoms with Crippen molar-refractivity contribution in [1.29, 1.82) is 0 Å². The SMILES string of the molecule is Cc1cc(NCC(C)CO)ncc1Br. The molecule has 1 unspecified atom stereocenters. The molecule has 1 aromatic rings. The number of hydrogen-bond donors (Lipinski definition) is 2. The fraction of sp³-hybridized carbons (Fsp3) is 0.500. The zero-order chi connectivity index (χ0) is 10.6. The Labute approximate surface area is 92.7 Å². The molecule has 1 rings (SSSR count). The Kier molecular flexibility index (Phi) is 4.35. The van der Waals surface area contributed by atoms with Gasteiger partial charge in [-0.2, -0.15) is 0 Å². The van der Waals surface area contributed by atoms with Gasteiger partial charge in [-0.15, -0.1) is 0 Å². The lowest BCUT2D eigenvalue weighted by Gasteiger charge is -2.10. The molecule has 0 aliphatic heterocycles. The van der Waals surface area contributed by atoms with Crippen LogP contribution in [0, 0.1) is 12.8 Å².